The fourth-order valence-electron chi connectivity index (χ4n) is 4.21. The van der Waals surface area contributed by atoms with Gasteiger partial charge in [0, 0.05) is 54.7 Å². The van der Waals surface area contributed by atoms with E-state index in [2.05, 4.69) is 4.90 Å². The zero-order valence-electron chi connectivity index (χ0n) is 17.7. The average molecular weight is 422 g/mol. The van der Waals surface area contributed by atoms with Crippen LogP contribution in [0.5, 0.6) is 11.5 Å². The molecule has 3 N–H and O–H groups in total. The Kier molecular flexibility index (Phi) is 6.37. The summed E-state index contributed by atoms with van der Waals surface area (Å²) in [6, 6.07) is 15.7. The van der Waals surface area contributed by atoms with E-state index in [1.807, 2.05) is 55.5 Å². The summed E-state index contributed by atoms with van der Waals surface area (Å²) < 4.78 is 24.7. The molecule has 0 spiro atoms. The number of benzene rings is 2. The summed E-state index contributed by atoms with van der Waals surface area (Å²) in [5.41, 5.74) is 10.4. The molecule has 1 atom stereocenters. The number of para-hydroxylation sites is 1. The molecule has 1 unspecified atom stereocenters. The Balaban J connectivity index is 1.50. The normalized spacial score (nSPS) is 19.4. The molecule has 2 aromatic carbocycles. The number of nitrogens with one attached hydrogen (secondary N) is 1. The van der Waals surface area contributed by atoms with E-state index in [1.54, 1.807) is 0 Å². The van der Waals surface area contributed by atoms with Crippen molar-refractivity contribution in [2.45, 2.75) is 13.0 Å². The van der Waals surface area contributed by atoms with Gasteiger partial charge >= 0.3 is 0 Å². The van der Waals surface area contributed by atoms with Crippen LogP contribution in [-0.2, 0) is 0 Å². The zero-order valence-corrected chi connectivity index (χ0v) is 17.7. The summed E-state index contributed by atoms with van der Waals surface area (Å²) in [6.07, 6.45) is 2.36. The van der Waals surface area contributed by atoms with E-state index in [4.69, 9.17) is 20.6 Å². The van der Waals surface area contributed by atoms with Crippen LogP contribution in [0, 0.1) is 11.3 Å². The first kappa shape index (κ1) is 21.1. The third-order valence-corrected chi connectivity index (χ3v) is 5.96. The minimum Gasteiger partial charge on any atom is -0.492 e. The van der Waals surface area contributed by atoms with E-state index >= 15 is 0 Å². The molecule has 2 heterocycles. The molecule has 6 heteroatoms. The maximum absolute atomic E-state index is 12.5. The molecule has 1 saturated heterocycles. The number of ether oxygens (including phenoxy) is 2. The molecule has 2 aromatic rings. The van der Waals surface area contributed by atoms with Gasteiger partial charge in [-0.15, -0.1) is 0 Å². The Labute approximate surface area is 182 Å². The van der Waals surface area contributed by atoms with E-state index in [9.17, 15) is 4.39 Å². The molecule has 4 rings (SSSR count). The van der Waals surface area contributed by atoms with E-state index in [0.29, 0.717) is 12.2 Å². The van der Waals surface area contributed by atoms with Gasteiger partial charge < -0.3 is 20.6 Å². The van der Waals surface area contributed by atoms with Crippen LogP contribution in [0.15, 0.2) is 65.9 Å². The molecule has 0 bridgehead atoms. The van der Waals surface area contributed by atoms with Crippen LogP contribution in [0.2, 0.25) is 0 Å². The van der Waals surface area contributed by atoms with E-state index in [1.165, 1.54) is 12.4 Å². The molecule has 0 saturated carbocycles. The molecule has 0 amide bonds. The minimum atomic E-state index is -0.362. The highest BCUT2D eigenvalue weighted by atomic mass is 19.1. The van der Waals surface area contributed by atoms with Gasteiger partial charge in [0.1, 0.15) is 24.2 Å². The summed E-state index contributed by atoms with van der Waals surface area (Å²) in [5.74, 6) is 1.79. The quantitative estimate of drug-likeness (QED) is 0.621. The molecule has 0 aromatic heterocycles. The number of rotatable bonds is 8. The lowest BCUT2D eigenvalue weighted by atomic mass is 9.86. The van der Waals surface area contributed by atoms with Crippen molar-refractivity contribution in [3.05, 3.63) is 77.0 Å². The van der Waals surface area contributed by atoms with E-state index < -0.39 is 0 Å². The molecule has 0 aliphatic carbocycles. The van der Waals surface area contributed by atoms with Crippen molar-refractivity contribution in [1.29, 1.82) is 5.41 Å². The van der Waals surface area contributed by atoms with E-state index in [0.717, 1.165) is 53.4 Å². The highest BCUT2D eigenvalue weighted by Gasteiger charge is 2.30. The van der Waals surface area contributed by atoms with Crippen molar-refractivity contribution in [2.75, 3.05) is 32.9 Å². The lowest BCUT2D eigenvalue weighted by molar-refractivity contribution is 0.0668. The summed E-state index contributed by atoms with van der Waals surface area (Å²) in [6.45, 7) is 4.81. The maximum atomic E-state index is 12.5. The molecule has 162 valence electrons. The molecule has 1 fully saturated rings. The third kappa shape index (κ3) is 4.35. The smallest absolute Gasteiger partial charge is 0.150 e. The molecular formula is C25H28FN3O2. The molecule has 2 aliphatic rings. The predicted octanol–water partition coefficient (Wildman–Crippen LogP) is 4.37. The SMILES string of the molecule is CC1=C(/C(C=N)=C/N)C(c2ccc(OCCN3CC(CF)C3)cc2)Oc2ccccc21. The Morgan fingerprint density at radius 1 is 1.23 bits per heavy atom. The zero-order chi connectivity index (χ0) is 21.8. The molecule has 5 nitrogen and oxygen atoms in total. The van der Waals surface area contributed by atoms with Crippen LogP contribution in [0.3, 0.4) is 0 Å². The van der Waals surface area contributed by atoms with E-state index in [-0.39, 0.29) is 18.7 Å². The van der Waals surface area contributed by atoms with Gasteiger partial charge in [-0.2, -0.15) is 0 Å². The summed E-state index contributed by atoms with van der Waals surface area (Å²) in [5, 5.41) is 7.81. The number of likely N-dealkylation sites (tertiary alicyclic amines) is 1. The van der Waals surface area contributed by atoms with Crippen LogP contribution >= 0.6 is 0 Å². The summed E-state index contributed by atoms with van der Waals surface area (Å²) >= 11 is 0. The van der Waals surface area contributed by atoms with Gasteiger partial charge in [0.2, 0.25) is 0 Å². The Morgan fingerprint density at radius 2 is 1.97 bits per heavy atom. The largest absolute Gasteiger partial charge is 0.492 e. The average Bonchev–Trinajstić information content (AvgIpc) is 2.78. The topological polar surface area (TPSA) is 71.6 Å². The van der Waals surface area contributed by atoms with Crippen LogP contribution in [0.25, 0.3) is 5.57 Å². The molecule has 2 aliphatic heterocycles. The Bertz CT molecular complexity index is 994. The number of halogens is 1. The number of hydrogen-bond donors (Lipinski definition) is 2. The van der Waals surface area contributed by atoms with Crippen molar-refractivity contribution < 1.29 is 13.9 Å². The maximum Gasteiger partial charge on any atom is 0.150 e. The van der Waals surface area contributed by atoms with Crippen molar-refractivity contribution in [1.82, 2.24) is 4.90 Å². The lowest BCUT2D eigenvalue weighted by Gasteiger charge is -2.37. The van der Waals surface area contributed by atoms with Crippen LogP contribution in [0.1, 0.15) is 24.2 Å². The van der Waals surface area contributed by atoms with Gasteiger partial charge in [0.15, 0.2) is 0 Å². The van der Waals surface area contributed by atoms with Gasteiger partial charge in [0.05, 0.1) is 6.67 Å². The van der Waals surface area contributed by atoms with Crippen molar-refractivity contribution >= 4 is 11.8 Å². The molecule has 0 radical (unpaired) electrons. The number of nitrogens with zero attached hydrogens (tertiary/aromatic N) is 1. The number of allylic oxidation sites excluding steroid dienone is 1. The lowest BCUT2D eigenvalue weighted by Crippen LogP contribution is -2.49. The summed E-state index contributed by atoms with van der Waals surface area (Å²) in [4.78, 5) is 2.20. The number of fused-ring (bicyclic) bond motifs is 1. The second kappa shape index (κ2) is 9.35. The number of hydrogen-bond acceptors (Lipinski definition) is 5. The molecular weight excluding hydrogens is 393 g/mol. The monoisotopic (exact) mass is 421 g/mol. The van der Waals surface area contributed by atoms with Crippen molar-refractivity contribution in [2.24, 2.45) is 11.7 Å². The van der Waals surface area contributed by atoms with Gasteiger partial charge in [-0.3, -0.25) is 9.29 Å². The second-order valence-corrected chi connectivity index (χ2v) is 8.00. The second-order valence-electron chi connectivity index (χ2n) is 8.00. The fourth-order valence-corrected chi connectivity index (χ4v) is 4.21. The minimum absolute atomic E-state index is 0.194. The third-order valence-electron chi connectivity index (χ3n) is 5.96. The summed E-state index contributed by atoms with van der Waals surface area (Å²) in [7, 11) is 0. The van der Waals surface area contributed by atoms with Gasteiger partial charge in [0.25, 0.3) is 0 Å². The number of alkyl halides is 1. The predicted molar refractivity (Wildman–Crippen MR) is 121 cm³/mol. The first-order valence-corrected chi connectivity index (χ1v) is 10.5. The van der Waals surface area contributed by atoms with Crippen molar-refractivity contribution in [3.63, 3.8) is 0 Å². The van der Waals surface area contributed by atoms with Gasteiger partial charge in [-0.1, -0.05) is 30.3 Å². The van der Waals surface area contributed by atoms with Crippen LogP contribution < -0.4 is 15.2 Å². The number of nitrogens with two attached hydrogens (primary N) is 1. The van der Waals surface area contributed by atoms with Gasteiger partial charge in [-0.05, 0) is 36.3 Å². The first-order chi connectivity index (χ1) is 15.1. The highest BCUT2D eigenvalue weighted by Crippen LogP contribution is 2.44. The molecule has 31 heavy (non-hydrogen) atoms. The van der Waals surface area contributed by atoms with Crippen LogP contribution in [-0.4, -0.2) is 44.0 Å². The Morgan fingerprint density at radius 3 is 2.65 bits per heavy atom. The van der Waals surface area contributed by atoms with Crippen LogP contribution in [0.4, 0.5) is 4.39 Å². The standard InChI is InChI=1S/C25H28FN3O2/c1-17-22-4-2-3-5-23(22)31-25(24(17)20(13-27)14-28)19-6-8-21(9-7-19)30-11-10-29-15-18(12-26)16-29/h2-9,13-14,18,25,27H,10-12,15-16,28H2,1H3/b20-14+,27-13?. The van der Waals surface area contributed by atoms with Gasteiger partial charge in [-0.25, -0.2) is 0 Å². The highest BCUT2D eigenvalue weighted by molar-refractivity contribution is 5.90. The Hall–Kier alpha value is -3.12. The van der Waals surface area contributed by atoms with Crippen molar-refractivity contribution in [3.8, 4) is 11.5 Å². The first-order valence-electron chi connectivity index (χ1n) is 10.5. The fraction of sp³-hybridized carbons (Fsp3) is 0.320.